The molecule has 20 heavy (non-hydrogen) atoms. The third-order valence-electron chi connectivity index (χ3n) is 3.11. The molecule has 0 bridgehead atoms. The second kappa shape index (κ2) is 6.28. The van der Waals surface area contributed by atoms with Crippen molar-refractivity contribution in [2.75, 3.05) is 0 Å². The quantitative estimate of drug-likeness (QED) is 0.784. The van der Waals surface area contributed by atoms with E-state index in [1.807, 2.05) is 24.3 Å². The molecule has 0 atom stereocenters. The van der Waals surface area contributed by atoms with Crippen molar-refractivity contribution in [3.8, 4) is 0 Å². The molecule has 0 radical (unpaired) electrons. The van der Waals surface area contributed by atoms with E-state index in [9.17, 15) is 9.59 Å². The lowest BCUT2D eigenvalue weighted by atomic mass is 10.1. The fraction of sp³-hybridized carbons (Fsp3) is 0.312. The molecule has 1 aromatic heterocycles. The van der Waals surface area contributed by atoms with Gasteiger partial charge in [-0.1, -0.05) is 37.6 Å². The molecule has 2 aromatic rings. The van der Waals surface area contributed by atoms with Gasteiger partial charge in [-0.3, -0.25) is 9.59 Å². The highest BCUT2D eigenvalue weighted by molar-refractivity contribution is 5.95. The summed E-state index contributed by atoms with van der Waals surface area (Å²) in [5.74, 6) is -0.105. The molecule has 1 heterocycles. The molecule has 104 valence electrons. The lowest BCUT2D eigenvalue weighted by molar-refractivity contribution is 0.0965. The highest BCUT2D eigenvalue weighted by Gasteiger charge is 2.08. The fourth-order valence-electron chi connectivity index (χ4n) is 2.02. The van der Waals surface area contributed by atoms with Crippen LogP contribution in [0.2, 0.25) is 0 Å². The number of aryl methyl sites for hydroxylation is 2. The number of carbonyl (C=O) groups is 1. The van der Waals surface area contributed by atoms with E-state index >= 15 is 0 Å². The number of hydrogen-bond donors (Lipinski definition) is 0. The molecule has 1 aromatic carbocycles. The van der Waals surface area contributed by atoms with Crippen LogP contribution in [0.3, 0.4) is 0 Å². The van der Waals surface area contributed by atoms with Crippen LogP contribution in [0.25, 0.3) is 0 Å². The van der Waals surface area contributed by atoms with Gasteiger partial charge in [-0.05, 0) is 24.5 Å². The maximum atomic E-state index is 12.1. The smallest absolute Gasteiger partial charge is 0.267 e. The minimum Gasteiger partial charge on any atom is -0.292 e. The summed E-state index contributed by atoms with van der Waals surface area (Å²) in [4.78, 5) is 23.8. The lowest BCUT2D eigenvalue weighted by Gasteiger charge is -2.05. The predicted molar refractivity (Wildman–Crippen MR) is 78.0 cm³/mol. The van der Waals surface area contributed by atoms with Crippen LogP contribution in [0.5, 0.6) is 0 Å². The molecule has 0 aliphatic rings. The van der Waals surface area contributed by atoms with Gasteiger partial charge < -0.3 is 0 Å². The van der Waals surface area contributed by atoms with Gasteiger partial charge in [-0.25, -0.2) is 4.68 Å². The molecule has 0 saturated heterocycles. The Bertz CT molecular complexity index is 657. The van der Waals surface area contributed by atoms with Crippen LogP contribution in [0, 0.1) is 6.92 Å². The Labute approximate surface area is 118 Å². The monoisotopic (exact) mass is 270 g/mol. The Balaban J connectivity index is 2.13. The van der Waals surface area contributed by atoms with Gasteiger partial charge in [0.15, 0.2) is 5.78 Å². The first-order valence-corrected chi connectivity index (χ1v) is 6.76. The number of nitrogens with zero attached hydrogens (tertiary/aromatic N) is 2. The summed E-state index contributed by atoms with van der Waals surface area (Å²) in [6, 6.07) is 9.02. The summed E-state index contributed by atoms with van der Waals surface area (Å²) in [5, 5.41) is 3.97. The molecular formula is C16H18N2O2. The average Bonchev–Trinajstić information content (AvgIpc) is 2.43. The zero-order valence-electron chi connectivity index (χ0n) is 11.8. The van der Waals surface area contributed by atoms with Gasteiger partial charge in [0.05, 0.1) is 6.20 Å². The summed E-state index contributed by atoms with van der Waals surface area (Å²) in [6.07, 6.45) is 3.67. The molecule has 4 heteroatoms. The first-order chi connectivity index (χ1) is 9.60. The predicted octanol–water partition coefficient (Wildman–Crippen LogP) is 2.39. The van der Waals surface area contributed by atoms with Crippen molar-refractivity contribution >= 4 is 5.78 Å². The number of benzene rings is 1. The van der Waals surface area contributed by atoms with Crippen LogP contribution in [0.4, 0.5) is 0 Å². The topological polar surface area (TPSA) is 52.0 Å². The number of hydrogen-bond acceptors (Lipinski definition) is 3. The van der Waals surface area contributed by atoms with Crippen LogP contribution >= 0.6 is 0 Å². The molecule has 4 nitrogen and oxygen atoms in total. The number of Topliss-reactive ketones (excluding diaryl/α,β-unsaturated/α-hetero) is 1. The Kier molecular flexibility index (Phi) is 4.45. The minimum absolute atomic E-state index is 0.0216. The molecule has 0 unspecified atom stereocenters. The van der Waals surface area contributed by atoms with Crippen molar-refractivity contribution in [3.63, 3.8) is 0 Å². The standard InChI is InChI=1S/C16H18N2O2/c1-3-4-13-5-7-14(8-6-13)15(19)11-18-16(20)9-12(2)10-17-18/h5-10H,3-4,11H2,1-2H3. The van der Waals surface area contributed by atoms with E-state index in [-0.39, 0.29) is 17.9 Å². The third kappa shape index (κ3) is 3.41. The number of aromatic nitrogens is 2. The van der Waals surface area contributed by atoms with Crippen LogP contribution in [-0.2, 0) is 13.0 Å². The van der Waals surface area contributed by atoms with E-state index in [4.69, 9.17) is 0 Å². The van der Waals surface area contributed by atoms with Crippen molar-refractivity contribution in [1.82, 2.24) is 9.78 Å². The van der Waals surface area contributed by atoms with Gasteiger partial charge in [0, 0.05) is 11.6 Å². The van der Waals surface area contributed by atoms with E-state index in [0.29, 0.717) is 5.56 Å². The van der Waals surface area contributed by atoms with Gasteiger partial charge in [0.1, 0.15) is 6.54 Å². The largest absolute Gasteiger partial charge is 0.292 e. The van der Waals surface area contributed by atoms with Crippen LogP contribution in [-0.4, -0.2) is 15.6 Å². The van der Waals surface area contributed by atoms with Gasteiger partial charge in [-0.15, -0.1) is 0 Å². The van der Waals surface area contributed by atoms with Gasteiger partial charge in [-0.2, -0.15) is 5.10 Å². The summed E-state index contributed by atoms with van der Waals surface area (Å²) >= 11 is 0. The van der Waals surface area contributed by atoms with Crippen molar-refractivity contribution in [2.45, 2.75) is 33.2 Å². The molecule has 0 saturated carbocycles. The highest BCUT2D eigenvalue weighted by atomic mass is 16.1. The summed E-state index contributed by atoms with van der Waals surface area (Å²) < 4.78 is 1.19. The maximum Gasteiger partial charge on any atom is 0.267 e. The van der Waals surface area contributed by atoms with Crippen LogP contribution in [0.1, 0.15) is 34.8 Å². The Morgan fingerprint density at radius 3 is 2.55 bits per heavy atom. The first kappa shape index (κ1) is 14.2. The zero-order chi connectivity index (χ0) is 14.5. The van der Waals surface area contributed by atoms with Crippen molar-refractivity contribution in [1.29, 1.82) is 0 Å². The maximum absolute atomic E-state index is 12.1. The number of ketones is 1. The summed E-state index contributed by atoms with van der Waals surface area (Å²) in [5.41, 5.74) is 2.37. The third-order valence-corrected chi connectivity index (χ3v) is 3.11. The van der Waals surface area contributed by atoms with Gasteiger partial charge in [0.2, 0.25) is 0 Å². The van der Waals surface area contributed by atoms with Crippen LogP contribution < -0.4 is 5.56 Å². The molecule has 0 amide bonds. The fourth-order valence-corrected chi connectivity index (χ4v) is 2.02. The molecule has 0 fully saturated rings. The van der Waals surface area contributed by atoms with Crippen molar-refractivity contribution in [3.05, 3.63) is 63.6 Å². The second-order valence-corrected chi connectivity index (χ2v) is 4.90. The molecule has 0 aliphatic heterocycles. The first-order valence-electron chi connectivity index (χ1n) is 6.76. The molecule has 0 aliphatic carbocycles. The Morgan fingerprint density at radius 1 is 1.25 bits per heavy atom. The molecule has 0 N–H and O–H groups in total. The molecule has 2 rings (SSSR count). The van der Waals surface area contributed by atoms with Gasteiger partial charge in [0.25, 0.3) is 5.56 Å². The number of rotatable bonds is 5. The van der Waals surface area contributed by atoms with Gasteiger partial charge >= 0.3 is 0 Å². The lowest BCUT2D eigenvalue weighted by Crippen LogP contribution is -2.26. The number of carbonyl (C=O) groups excluding carboxylic acids is 1. The zero-order valence-corrected chi connectivity index (χ0v) is 11.8. The summed E-state index contributed by atoms with van der Waals surface area (Å²) in [6.45, 7) is 3.90. The van der Waals surface area contributed by atoms with E-state index in [1.165, 1.54) is 16.3 Å². The Morgan fingerprint density at radius 2 is 1.95 bits per heavy atom. The van der Waals surface area contributed by atoms with Crippen LogP contribution in [0.15, 0.2) is 41.3 Å². The van der Waals surface area contributed by atoms with E-state index in [2.05, 4.69) is 12.0 Å². The Hall–Kier alpha value is -2.23. The minimum atomic E-state index is -0.249. The van der Waals surface area contributed by atoms with Crippen molar-refractivity contribution < 1.29 is 4.79 Å². The van der Waals surface area contributed by atoms with E-state index in [1.54, 1.807) is 13.1 Å². The normalized spacial score (nSPS) is 10.5. The summed E-state index contributed by atoms with van der Waals surface area (Å²) in [7, 11) is 0. The van der Waals surface area contributed by atoms with E-state index in [0.717, 1.165) is 18.4 Å². The average molecular weight is 270 g/mol. The van der Waals surface area contributed by atoms with Crippen molar-refractivity contribution in [2.24, 2.45) is 0 Å². The van der Waals surface area contributed by atoms with E-state index < -0.39 is 0 Å². The second-order valence-electron chi connectivity index (χ2n) is 4.90. The molecule has 0 spiro atoms. The SMILES string of the molecule is CCCc1ccc(C(=O)Cn2ncc(C)cc2=O)cc1. The molecular weight excluding hydrogens is 252 g/mol. The highest BCUT2D eigenvalue weighted by Crippen LogP contribution is 2.08.